The van der Waals surface area contributed by atoms with Gasteiger partial charge in [-0.05, 0) is 5.92 Å². The van der Waals surface area contributed by atoms with E-state index in [1.807, 2.05) is 0 Å². The van der Waals surface area contributed by atoms with Crippen LogP contribution in [0.5, 0.6) is 0 Å². The van der Waals surface area contributed by atoms with Crippen LogP contribution in [0.15, 0.2) is 10.6 Å². The minimum absolute atomic E-state index is 0.226. The summed E-state index contributed by atoms with van der Waals surface area (Å²) in [6.07, 6.45) is 0.790. The zero-order valence-electron chi connectivity index (χ0n) is 9.95. The number of methoxy groups -OCH3 is 1. The number of rotatable bonds is 6. The lowest BCUT2D eigenvalue weighted by molar-refractivity contribution is 0.0928. The predicted octanol–water partition coefficient (Wildman–Crippen LogP) is 1.25. The molecule has 1 amide bonds. The van der Waals surface area contributed by atoms with E-state index in [-0.39, 0.29) is 5.91 Å². The monoisotopic (exact) mass is 226 g/mol. The van der Waals surface area contributed by atoms with Crippen molar-refractivity contribution >= 4 is 5.91 Å². The number of carbonyl (C=O) groups is 1. The number of carbonyl (C=O) groups excluding carboxylic acids is 1. The van der Waals surface area contributed by atoms with Gasteiger partial charge in [0.05, 0.1) is 6.61 Å². The molecule has 0 bridgehead atoms. The summed E-state index contributed by atoms with van der Waals surface area (Å²) < 4.78 is 9.89. The zero-order chi connectivity index (χ0) is 12.0. The Kier molecular flexibility index (Phi) is 4.98. The number of aromatic nitrogens is 1. The van der Waals surface area contributed by atoms with Crippen LogP contribution in [-0.4, -0.2) is 31.3 Å². The minimum Gasteiger partial charge on any atom is -0.383 e. The third kappa shape index (κ3) is 4.02. The molecule has 16 heavy (non-hydrogen) atoms. The van der Waals surface area contributed by atoms with Gasteiger partial charge in [-0.25, -0.2) is 0 Å². The molecule has 5 nitrogen and oxygen atoms in total. The average Bonchev–Trinajstić information content (AvgIpc) is 2.65. The normalized spacial score (nSPS) is 10.8. The second-order valence-corrected chi connectivity index (χ2v) is 4.03. The van der Waals surface area contributed by atoms with E-state index >= 15 is 0 Å². The van der Waals surface area contributed by atoms with Crippen LogP contribution in [0, 0.1) is 5.92 Å². The van der Waals surface area contributed by atoms with Gasteiger partial charge in [0.25, 0.3) is 5.91 Å². The molecule has 0 atom stereocenters. The molecule has 1 N–H and O–H groups in total. The number of hydrogen-bond acceptors (Lipinski definition) is 4. The van der Waals surface area contributed by atoms with Crippen molar-refractivity contribution in [3.8, 4) is 0 Å². The molecule has 0 unspecified atom stereocenters. The fourth-order valence-electron chi connectivity index (χ4n) is 1.28. The highest BCUT2D eigenvalue weighted by Gasteiger charge is 2.12. The first kappa shape index (κ1) is 12.7. The highest BCUT2D eigenvalue weighted by atomic mass is 16.5. The third-order valence-electron chi connectivity index (χ3n) is 1.99. The molecule has 0 radical (unpaired) electrons. The van der Waals surface area contributed by atoms with E-state index in [2.05, 4.69) is 24.3 Å². The van der Waals surface area contributed by atoms with E-state index in [1.165, 1.54) is 0 Å². The number of nitrogens with zero attached hydrogens (tertiary/aromatic N) is 1. The first-order valence-electron chi connectivity index (χ1n) is 5.36. The van der Waals surface area contributed by atoms with E-state index < -0.39 is 0 Å². The van der Waals surface area contributed by atoms with Crippen molar-refractivity contribution < 1.29 is 14.1 Å². The van der Waals surface area contributed by atoms with Gasteiger partial charge in [-0.1, -0.05) is 19.0 Å². The van der Waals surface area contributed by atoms with E-state index in [4.69, 9.17) is 9.26 Å². The predicted molar refractivity (Wildman–Crippen MR) is 59.3 cm³/mol. The second kappa shape index (κ2) is 6.27. The van der Waals surface area contributed by atoms with Crippen molar-refractivity contribution in [2.24, 2.45) is 5.92 Å². The largest absolute Gasteiger partial charge is 0.383 e. The van der Waals surface area contributed by atoms with Crippen LogP contribution in [0.25, 0.3) is 0 Å². The van der Waals surface area contributed by atoms with E-state index in [1.54, 1.807) is 13.2 Å². The van der Waals surface area contributed by atoms with Gasteiger partial charge < -0.3 is 14.6 Å². The standard InChI is InChI=1S/C11H18N2O3/c1-8(2)6-9-7-10(13-16-9)11(14)12-4-5-15-3/h7-8H,4-6H2,1-3H3,(H,12,14). The Morgan fingerprint density at radius 3 is 3.00 bits per heavy atom. The Morgan fingerprint density at radius 1 is 1.62 bits per heavy atom. The Bertz CT molecular complexity index is 334. The number of amides is 1. The van der Waals surface area contributed by atoms with Crippen molar-refractivity contribution in [1.29, 1.82) is 0 Å². The molecule has 90 valence electrons. The lowest BCUT2D eigenvalue weighted by atomic mass is 10.1. The maximum atomic E-state index is 11.5. The Morgan fingerprint density at radius 2 is 2.38 bits per heavy atom. The van der Waals surface area contributed by atoms with Crippen molar-refractivity contribution in [2.75, 3.05) is 20.3 Å². The van der Waals surface area contributed by atoms with Crippen LogP contribution in [0.4, 0.5) is 0 Å². The molecule has 1 aromatic rings. The minimum atomic E-state index is -0.226. The van der Waals surface area contributed by atoms with Crippen molar-refractivity contribution in [1.82, 2.24) is 10.5 Å². The smallest absolute Gasteiger partial charge is 0.273 e. The quantitative estimate of drug-likeness (QED) is 0.741. The number of ether oxygens (including phenoxy) is 1. The van der Waals surface area contributed by atoms with E-state index in [0.29, 0.717) is 24.8 Å². The van der Waals surface area contributed by atoms with Crippen LogP contribution < -0.4 is 5.32 Å². The van der Waals surface area contributed by atoms with E-state index in [0.717, 1.165) is 12.2 Å². The average molecular weight is 226 g/mol. The maximum absolute atomic E-state index is 11.5. The van der Waals surface area contributed by atoms with E-state index in [9.17, 15) is 4.79 Å². The molecule has 0 spiro atoms. The number of nitrogens with one attached hydrogen (secondary N) is 1. The molecule has 1 rings (SSSR count). The third-order valence-corrected chi connectivity index (χ3v) is 1.99. The molecule has 1 aromatic heterocycles. The summed E-state index contributed by atoms with van der Waals surface area (Å²) in [7, 11) is 1.59. The molecular weight excluding hydrogens is 208 g/mol. The van der Waals surface area contributed by atoms with Gasteiger partial charge in [0.1, 0.15) is 5.76 Å². The lowest BCUT2D eigenvalue weighted by Crippen LogP contribution is -2.27. The summed E-state index contributed by atoms with van der Waals surface area (Å²) in [5, 5.41) is 6.40. The molecule has 5 heteroatoms. The lowest BCUT2D eigenvalue weighted by Gasteiger charge is -2.00. The Balaban J connectivity index is 2.46. The van der Waals surface area contributed by atoms with Gasteiger partial charge >= 0.3 is 0 Å². The van der Waals surface area contributed by atoms with Gasteiger partial charge in [-0.15, -0.1) is 0 Å². The molecule has 0 aromatic carbocycles. The zero-order valence-corrected chi connectivity index (χ0v) is 9.95. The fourth-order valence-corrected chi connectivity index (χ4v) is 1.28. The van der Waals surface area contributed by atoms with Crippen molar-refractivity contribution in [3.63, 3.8) is 0 Å². The molecule has 0 aliphatic heterocycles. The van der Waals surface area contributed by atoms with Gasteiger partial charge in [-0.3, -0.25) is 4.79 Å². The number of hydrogen-bond donors (Lipinski definition) is 1. The van der Waals surface area contributed by atoms with Gasteiger partial charge in [0.15, 0.2) is 5.69 Å². The molecule has 1 heterocycles. The summed E-state index contributed by atoms with van der Waals surface area (Å²) in [4.78, 5) is 11.5. The summed E-state index contributed by atoms with van der Waals surface area (Å²) in [6, 6.07) is 1.68. The highest BCUT2D eigenvalue weighted by molar-refractivity contribution is 5.92. The van der Waals surface area contributed by atoms with Crippen LogP contribution >= 0.6 is 0 Å². The van der Waals surface area contributed by atoms with Gasteiger partial charge in [0.2, 0.25) is 0 Å². The molecule has 0 aliphatic carbocycles. The highest BCUT2D eigenvalue weighted by Crippen LogP contribution is 2.09. The molecule has 0 fully saturated rings. The SMILES string of the molecule is COCCNC(=O)c1cc(CC(C)C)on1. The fraction of sp³-hybridized carbons (Fsp3) is 0.636. The topological polar surface area (TPSA) is 64.4 Å². The Hall–Kier alpha value is -1.36. The summed E-state index contributed by atoms with van der Waals surface area (Å²) in [5.74, 6) is 1.00. The Labute approximate surface area is 95.1 Å². The summed E-state index contributed by atoms with van der Waals surface area (Å²) >= 11 is 0. The van der Waals surface area contributed by atoms with Crippen LogP contribution in [0.1, 0.15) is 30.1 Å². The summed E-state index contributed by atoms with van der Waals surface area (Å²) in [6.45, 7) is 5.13. The molecular formula is C11H18N2O3. The first-order valence-corrected chi connectivity index (χ1v) is 5.36. The molecule has 0 saturated heterocycles. The van der Waals surface area contributed by atoms with Crippen LogP contribution in [0.3, 0.4) is 0 Å². The summed E-state index contributed by atoms with van der Waals surface area (Å²) in [5.41, 5.74) is 0.326. The van der Waals surface area contributed by atoms with Crippen LogP contribution in [0.2, 0.25) is 0 Å². The van der Waals surface area contributed by atoms with Crippen molar-refractivity contribution in [3.05, 3.63) is 17.5 Å². The maximum Gasteiger partial charge on any atom is 0.273 e. The van der Waals surface area contributed by atoms with Crippen LogP contribution in [-0.2, 0) is 11.2 Å². The molecule has 0 aliphatic rings. The first-order chi connectivity index (χ1) is 7.63. The van der Waals surface area contributed by atoms with Crippen molar-refractivity contribution in [2.45, 2.75) is 20.3 Å². The second-order valence-electron chi connectivity index (χ2n) is 4.03. The molecule has 0 saturated carbocycles. The van der Waals surface area contributed by atoms with Gasteiger partial charge in [-0.2, -0.15) is 0 Å². The van der Waals surface area contributed by atoms with Gasteiger partial charge in [0, 0.05) is 26.1 Å².